The van der Waals surface area contributed by atoms with Gasteiger partial charge in [-0.15, -0.1) is 0 Å². The second kappa shape index (κ2) is 11.1. The highest BCUT2D eigenvalue weighted by Gasteiger charge is 2.28. The molecule has 2 unspecified atom stereocenters. The van der Waals surface area contributed by atoms with Crippen molar-refractivity contribution in [3.05, 3.63) is 131 Å². The molecule has 35 heavy (non-hydrogen) atoms. The molecule has 0 spiro atoms. The molecule has 2 atom stereocenters. The minimum absolute atomic E-state index is 0.0602. The average molecular weight is 472 g/mol. The number of halogens is 2. The summed E-state index contributed by atoms with van der Waals surface area (Å²) in [6.07, 6.45) is -0.0890. The molecule has 0 aliphatic heterocycles. The van der Waals surface area contributed by atoms with Crippen LogP contribution in [0.3, 0.4) is 0 Å². The quantitative estimate of drug-likeness (QED) is 0.276. The molecule has 0 saturated heterocycles. The van der Waals surface area contributed by atoms with Crippen molar-refractivity contribution in [1.29, 1.82) is 0 Å². The van der Waals surface area contributed by atoms with Crippen molar-refractivity contribution in [2.75, 3.05) is 0 Å². The van der Waals surface area contributed by atoms with Crippen LogP contribution in [0, 0.1) is 11.6 Å². The van der Waals surface area contributed by atoms with Crippen LogP contribution in [-0.2, 0) is 11.3 Å². The molecule has 4 rings (SSSR count). The number of aliphatic carboxylic acids is 1. The van der Waals surface area contributed by atoms with E-state index in [1.807, 2.05) is 72.8 Å². The summed E-state index contributed by atoms with van der Waals surface area (Å²) in [6, 6.07) is 30.2. The number of carboxylic acids is 1. The average Bonchev–Trinajstić information content (AvgIpc) is 2.87. The smallest absolute Gasteiger partial charge is 0.305 e. The predicted molar refractivity (Wildman–Crippen MR) is 134 cm³/mol. The van der Waals surface area contributed by atoms with E-state index in [0.717, 1.165) is 22.8 Å². The van der Waals surface area contributed by atoms with Gasteiger partial charge in [0.15, 0.2) is 0 Å². The van der Waals surface area contributed by atoms with Gasteiger partial charge in [-0.25, -0.2) is 8.78 Å². The van der Waals surface area contributed by atoms with Crippen LogP contribution in [0.4, 0.5) is 8.78 Å². The van der Waals surface area contributed by atoms with E-state index in [2.05, 4.69) is 11.8 Å². The number of nitrogens with zero attached hydrogens (tertiary/aromatic N) is 1. The Morgan fingerprint density at radius 1 is 0.829 bits per heavy atom. The van der Waals surface area contributed by atoms with Crippen LogP contribution in [0.1, 0.15) is 42.1 Å². The Morgan fingerprint density at radius 3 is 2.06 bits per heavy atom. The molecule has 4 aromatic rings. The maximum atomic E-state index is 14.3. The SMILES string of the molecule is CC(c1ccccc1)N(Cc1ccccc1)C(CC(=O)O)c1ccc(-c2ccc(F)cc2F)cc1. The van der Waals surface area contributed by atoms with E-state index in [1.165, 1.54) is 12.1 Å². The van der Waals surface area contributed by atoms with Crippen LogP contribution >= 0.6 is 0 Å². The number of rotatable bonds is 9. The Bertz CT molecular complexity index is 1260. The number of carboxylic acid groups (broad SMARTS) is 1. The summed E-state index contributed by atoms with van der Waals surface area (Å²) in [5.41, 5.74) is 3.88. The van der Waals surface area contributed by atoms with Gasteiger partial charge < -0.3 is 5.11 Å². The largest absolute Gasteiger partial charge is 0.481 e. The third-order valence-electron chi connectivity index (χ3n) is 6.29. The molecule has 1 N–H and O–H groups in total. The zero-order valence-corrected chi connectivity index (χ0v) is 19.4. The molecule has 0 bridgehead atoms. The van der Waals surface area contributed by atoms with Crippen molar-refractivity contribution in [3.8, 4) is 11.1 Å². The van der Waals surface area contributed by atoms with Gasteiger partial charge in [0.25, 0.3) is 0 Å². The lowest BCUT2D eigenvalue weighted by atomic mass is 9.94. The fourth-order valence-electron chi connectivity index (χ4n) is 4.43. The first kappa shape index (κ1) is 24.3. The predicted octanol–water partition coefficient (Wildman–Crippen LogP) is 7.41. The molecule has 3 nitrogen and oxygen atoms in total. The highest BCUT2D eigenvalue weighted by Crippen LogP contribution is 2.35. The molecule has 0 aliphatic carbocycles. The van der Waals surface area contributed by atoms with E-state index >= 15 is 0 Å². The van der Waals surface area contributed by atoms with Gasteiger partial charge >= 0.3 is 5.97 Å². The van der Waals surface area contributed by atoms with Gasteiger partial charge in [-0.3, -0.25) is 9.69 Å². The molecule has 0 aromatic heterocycles. The van der Waals surface area contributed by atoms with Crippen molar-refractivity contribution >= 4 is 5.97 Å². The monoisotopic (exact) mass is 471 g/mol. The van der Waals surface area contributed by atoms with E-state index in [-0.39, 0.29) is 12.5 Å². The Balaban J connectivity index is 1.72. The van der Waals surface area contributed by atoms with Crippen LogP contribution in [0.2, 0.25) is 0 Å². The summed E-state index contributed by atoms with van der Waals surface area (Å²) >= 11 is 0. The highest BCUT2D eigenvalue weighted by atomic mass is 19.1. The normalized spacial score (nSPS) is 12.9. The first-order chi connectivity index (χ1) is 16.9. The lowest BCUT2D eigenvalue weighted by Crippen LogP contribution is -2.32. The number of hydrogen-bond donors (Lipinski definition) is 1. The molecular formula is C30H27F2NO2. The molecular weight excluding hydrogens is 444 g/mol. The third kappa shape index (κ3) is 6.00. The molecule has 0 aliphatic rings. The van der Waals surface area contributed by atoms with Gasteiger partial charge in [-0.2, -0.15) is 0 Å². The Morgan fingerprint density at radius 2 is 1.46 bits per heavy atom. The maximum absolute atomic E-state index is 14.3. The molecule has 4 aromatic carbocycles. The van der Waals surface area contributed by atoms with Crippen LogP contribution in [0.5, 0.6) is 0 Å². The molecule has 0 fully saturated rings. The van der Waals surface area contributed by atoms with Crippen molar-refractivity contribution in [1.82, 2.24) is 4.90 Å². The lowest BCUT2D eigenvalue weighted by Gasteiger charge is -2.37. The van der Waals surface area contributed by atoms with Gasteiger partial charge in [0.1, 0.15) is 11.6 Å². The Hall–Kier alpha value is -3.83. The third-order valence-corrected chi connectivity index (χ3v) is 6.29. The molecule has 0 amide bonds. The molecule has 5 heteroatoms. The van der Waals surface area contributed by atoms with Crippen molar-refractivity contribution in [2.24, 2.45) is 0 Å². The Labute approximate surface area is 204 Å². The molecule has 178 valence electrons. The summed E-state index contributed by atoms with van der Waals surface area (Å²) in [5, 5.41) is 9.80. The summed E-state index contributed by atoms with van der Waals surface area (Å²) in [5.74, 6) is -2.17. The number of carbonyl (C=O) groups is 1. The van der Waals surface area contributed by atoms with E-state index in [4.69, 9.17) is 0 Å². The van der Waals surface area contributed by atoms with Crippen molar-refractivity contribution < 1.29 is 18.7 Å². The van der Waals surface area contributed by atoms with E-state index in [9.17, 15) is 18.7 Å². The van der Waals surface area contributed by atoms with Crippen molar-refractivity contribution in [2.45, 2.75) is 32.0 Å². The van der Waals surface area contributed by atoms with Crippen molar-refractivity contribution in [3.63, 3.8) is 0 Å². The van der Waals surface area contributed by atoms with Gasteiger partial charge in [0.2, 0.25) is 0 Å². The second-order valence-electron chi connectivity index (χ2n) is 8.60. The fourth-order valence-corrected chi connectivity index (χ4v) is 4.43. The Kier molecular flexibility index (Phi) is 7.68. The van der Waals surface area contributed by atoms with Crippen LogP contribution in [0.15, 0.2) is 103 Å². The zero-order chi connectivity index (χ0) is 24.8. The first-order valence-corrected chi connectivity index (χ1v) is 11.5. The second-order valence-corrected chi connectivity index (χ2v) is 8.60. The lowest BCUT2D eigenvalue weighted by molar-refractivity contribution is -0.138. The first-order valence-electron chi connectivity index (χ1n) is 11.5. The van der Waals surface area contributed by atoms with Crippen LogP contribution < -0.4 is 0 Å². The van der Waals surface area contributed by atoms with Gasteiger partial charge in [0.05, 0.1) is 6.42 Å². The minimum atomic E-state index is -0.901. The van der Waals surface area contributed by atoms with E-state index in [1.54, 1.807) is 12.1 Å². The topological polar surface area (TPSA) is 40.5 Å². The van der Waals surface area contributed by atoms with E-state index < -0.39 is 23.6 Å². The number of benzene rings is 4. The fraction of sp³-hybridized carbons (Fsp3) is 0.167. The molecule has 0 radical (unpaired) electrons. The maximum Gasteiger partial charge on any atom is 0.305 e. The molecule has 0 heterocycles. The summed E-state index contributed by atoms with van der Waals surface area (Å²) in [6.45, 7) is 2.64. The minimum Gasteiger partial charge on any atom is -0.481 e. The van der Waals surface area contributed by atoms with E-state index in [0.29, 0.717) is 17.7 Å². The summed E-state index contributed by atoms with van der Waals surface area (Å²) in [4.78, 5) is 14.1. The highest BCUT2D eigenvalue weighted by molar-refractivity contribution is 5.68. The molecule has 0 saturated carbocycles. The summed E-state index contributed by atoms with van der Waals surface area (Å²) in [7, 11) is 0. The van der Waals surface area contributed by atoms with Gasteiger partial charge in [0, 0.05) is 30.3 Å². The van der Waals surface area contributed by atoms with Gasteiger partial charge in [-0.1, -0.05) is 84.9 Å². The van der Waals surface area contributed by atoms with Gasteiger partial charge in [-0.05, 0) is 41.3 Å². The van der Waals surface area contributed by atoms with Crippen LogP contribution in [-0.4, -0.2) is 16.0 Å². The standard InChI is InChI=1S/C30H27F2NO2/c1-21(23-10-6-3-7-11-23)33(20-22-8-4-2-5-9-22)29(19-30(34)35)25-14-12-24(13-15-25)27-17-16-26(31)18-28(27)32/h2-18,21,29H,19-20H2,1H3,(H,34,35). The summed E-state index contributed by atoms with van der Waals surface area (Å²) < 4.78 is 27.6. The number of hydrogen-bond acceptors (Lipinski definition) is 2. The zero-order valence-electron chi connectivity index (χ0n) is 19.4. The van der Waals surface area contributed by atoms with Crippen LogP contribution in [0.25, 0.3) is 11.1 Å².